The Kier molecular flexibility index (Phi) is 2.74. The average Bonchev–Trinajstić information content (AvgIpc) is 2.16. The number of benzene rings is 1. The van der Waals surface area contributed by atoms with Crippen LogP contribution in [0.3, 0.4) is 0 Å². The first-order chi connectivity index (χ1) is 6.72. The molecule has 0 aromatic heterocycles. The molecule has 76 valence electrons. The van der Waals surface area contributed by atoms with Gasteiger partial charge in [0.15, 0.2) is 0 Å². The van der Waals surface area contributed by atoms with Crippen molar-refractivity contribution >= 4 is 15.9 Å². The van der Waals surface area contributed by atoms with Gasteiger partial charge in [-0.2, -0.15) is 0 Å². The quantitative estimate of drug-likeness (QED) is 0.838. The van der Waals surface area contributed by atoms with Gasteiger partial charge in [0.25, 0.3) is 0 Å². The Balaban J connectivity index is 2.51. The summed E-state index contributed by atoms with van der Waals surface area (Å²) in [4.78, 5) is 0. The van der Waals surface area contributed by atoms with Crippen LogP contribution in [0.1, 0.15) is 18.0 Å². The summed E-state index contributed by atoms with van der Waals surface area (Å²) in [6.07, 6.45) is 0.808. The lowest BCUT2D eigenvalue weighted by atomic mass is 10.0. The second kappa shape index (κ2) is 3.87. The van der Waals surface area contributed by atoms with Gasteiger partial charge < -0.3 is 10.1 Å². The van der Waals surface area contributed by atoms with Gasteiger partial charge in [-0.05, 0) is 19.2 Å². The highest BCUT2D eigenvalue weighted by Crippen LogP contribution is 2.36. The summed E-state index contributed by atoms with van der Waals surface area (Å²) in [5, 5.41) is 3.09. The molecular weight excluding hydrogens is 249 g/mol. The minimum Gasteiger partial charge on any atom is -0.493 e. The Labute approximate surface area is 90.6 Å². The second-order valence-corrected chi connectivity index (χ2v) is 4.19. The Morgan fingerprint density at radius 2 is 2.36 bits per heavy atom. The van der Waals surface area contributed by atoms with Crippen molar-refractivity contribution in [2.24, 2.45) is 0 Å². The van der Waals surface area contributed by atoms with Gasteiger partial charge >= 0.3 is 0 Å². The lowest BCUT2D eigenvalue weighted by Gasteiger charge is -2.26. The molecule has 0 saturated carbocycles. The standard InChI is InChI=1S/C10H11BrFNO/c1-13-8-2-3-14-9-5-6(11)4-7(12)10(8)9/h4-5,8,13H,2-3H2,1H3. The van der Waals surface area contributed by atoms with E-state index in [1.807, 2.05) is 13.1 Å². The molecule has 0 fully saturated rings. The van der Waals surface area contributed by atoms with Gasteiger partial charge in [-0.15, -0.1) is 0 Å². The van der Waals surface area contributed by atoms with Crippen molar-refractivity contribution in [2.45, 2.75) is 12.5 Å². The Bertz CT molecular complexity index is 356. The van der Waals surface area contributed by atoms with E-state index in [9.17, 15) is 4.39 Å². The Hall–Kier alpha value is -0.610. The van der Waals surface area contributed by atoms with Crippen LogP contribution in [0.2, 0.25) is 0 Å². The maximum absolute atomic E-state index is 13.6. The SMILES string of the molecule is CNC1CCOc2cc(Br)cc(F)c21. The molecule has 1 N–H and O–H groups in total. The fourth-order valence-electron chi connectivity index (χ4n) is 1.74. The zero-order valence-electron chi connectivity index (χ0n) is 7.81. The van der Waals surface area contributed by atoms with Crippen LogP contribution in [0.5, 0.6) is 5.75 Å². The molecule has 1 aromatic carbocycles. The summed E-state index contributed by atoms with van der Waals surface area (Å²) in [7, 11) is 1.83. The van der Waals surface area contributed by atoms with E-state index >= 15 is 0 Å². The molecule has 2 rings (SSSR count). The molecule has 1 aliphatic heterocycles. The predicted molar refractivity (Wildman–Crippen MR) is 56.0 cm³/mol. The van der Waals surface area contributed by atoms with E-state index in [0.717, 1.165) is 6.42 Å². The number of halogens is 2. The smallest absolute Gasteiger partial charge is 0.132 e. The maximum atomic E-state index is 13.6. The minimum atomic E-state index is -0.214. The predicted octanol–water partition coefficient (Wildman–Crippen LogP) is 2.63. The van der Waals surface area contributed by atoms with E-state index < -0.39 is 0 Å². The molecular formula is C10H11BrFNO. The van der Waals surface area contributed by atoms with Crippen molar-refractivity contribution < 1.29 is 9.13 Å². The monoisotopic (exact) mass is 259 g/mol. The number of rotatable bonds is 1. The number of hydrogen-bond acceptors (Lipinski definition) is 2. The van der Waals surface area contributed by atoms with Crippen LogP contribution in [0, 0.1) is 5.82 Å². The molecule has 14 heavy (non-hydrogen) atoms. The molecule has 4 heteroatoms. The zero-order valence-corrected chi connectivity index (χ0v) is 9.40. The van der Waals surface area contributed by atoms with Gasteiger partial charge in [0.05, 0.1) is 6.61 Å². The third-order valence-corrected chi connectivity index (χ3v) is 2.88. The highest BCUT2D eigenvalue weighted by Gasteiger charge is 2.24. The third kappa shape index (κ3) is 1.64. The highest BCUT2D eigenvalue weighted by molar-refractivity contribution is 9.10. The number of fused-ring (bicyclic) bond motifs is 1. The van der Waals surface area contributed by atoms with Crippen molar-refractivity contribution in [2.75, 3.05) is 13.7 Å². The van der Waals surface area contributed by atoms with Crippen molar-refractivity contribution in [3.05, 3.63) is 28.0 Å². The number of ether oxygens (including phenoxy) is 1. The van der Waals surface area contributed by atoms with E-state index in [1.54, 1.807) is 0 Å². The summed E-state index contributed by atoms with van der Waals surface area (Å²) >= 11 is 3.24. The van der Waals surface area contributed by atoms with Crippen molar-refractivity contribution in [1.29, 1.82) is 0 Å². The van der Waals surface area contributed by atoms with Crippen LogP contribution in [0.15, 0.2) is 16.6 Å². The van der Waals surface area contributed by atoms with Crippen LogP contribution in [-0.2, 0) is 0 Å². The van der Waals surface area contributed by atoms with Gasteiger partial charge in [0.1, 0.15) is 11.6 Å². The first kappa shape index (κ1) is 9.93. The Morgan fingerprint density at radius 3 is 3.07 bits per heavy atom. The summed E-state index contributed by atoms with van der Waals surface area (Å²) in [6, 6.07) is 3.34. The van der Waals surface area contributed by atoms with E-state index in [-0.39, 0.29) is 11.9 Å². The molecule has 1 aliphatic rings. The van der Waals surface area contributed by atoms with E-state index in [2.05, 4.69) is 21.2 Å². The topological polar surface area (TPSA) is 21.3 Å². The molecule has 1 atom stereocenters. The lowest BCUT2D eigenvalue weighted by molar-refractivity contribution is 0.252. The molecule has 1 heterocycles. The molecule has 0 saturated heterocycles. The van der Waals surface area contributed by atoms with Gasteiger partial charge in [-0.25, -0.2) is 4.39 Å². The van der Waals surface area contributed by atoms with Crippen molar-refractivity contribution in [1.82, 2.24) is 5.32 Å². The lowest BCUT2D eigenvalue weighted by Crippen LogP contribution is -2.25. The molecule has 0 amide bonds. The van der Waals surface area contributed by atoms with E-state index in [0.29, 0.717) is 22.4 Å². The highest BCUT2D eigenvalue weighted by atomic mass is 79.9. The molecule has 0 aliphatic carbocycles. The van der Waals surface area contributed by atoms with Gasteiger partial charge in [-0.1, -0.05) is 15.9 Å². The third-order valence-electron chi connectivity index (χ3n) is 2.42. The summed E-state index contributed by atoms with van der Waals surface area (Å²) in [5.74, 6) is 0.427. The van der Waals surface area contributed by atoms with E-state index in [4.69, 9.17) is 4.74 Å². The molecule has 0 radical (unpaired) electrons. The first-order valence-corrected chi connectivity index (χ1v) is 5.30. The largest absolute Gasteiger partial charge is 0.493 e. The minimum absolute atomic E-state index is 0.0619. The summed E-state index contributed by atoms with van der Waals surface area (Å²) in [5.41, 5.74) is 0.641. The fourth-order valence-corrected chi connectivity index (χ4v) is 2.15. The van der Waals surface area contributed by atoms with Crippen LogP contribution in [0.4, 0.5) is 4.39 Å². The summed E-state index contributed by atoms with van der Waals surface area (Å²) in [6.45, 7) is 0.633. The van der Waals surface area contributed by atoms with Crippen LogP contribution in [-0.4, -0.2) is 13.7 Å². The van der Waals surface area contributed by atoms with Crippen LogP contribution < -0.4 is 10.1 Å². The van der Waals surface area contributed by atoms with Crippen molar-refractivity contribution in [3.8, 4) is 5.75 Å². The first-order valence-electron chi connectivity index (χ1n) is 4.51. The Morgan fingerprint density at radius 1 is 1.57 bits per heavy atom. The van der Waals surface area contributed by atoms with Crippen LogP contribution >= 0.6 is 15.9 Å². The zero-order chi connectivity index (χ0) is 10.1. The molecule has 2 nitrogen and oxygen atoms in total. The molecule has 0 spiro atoms. The summed E-state index contributed by atoms with van der Waals surface area (Å²) < 4.78 is 19.7. The molecule has 0 bridgehead atoms. The normalized spacial score (nSPS) is 20.1. The van der Waals surface area contributed by atoms with Gasteiger partial charge in [0, 0.05) is 22.5 Å². The van der Waals surface area contributed by atoms with Gasteiger partial charge in [0.2, 0.25) is 0 Å². The van der Waals surface area contributed by atoms with Crippen molar-refractivity contribution in [3.63, 3.8) is 0 Å². The van der Waals surface area contributed by atoms with Gasteiger partial charge in [-0.3, -0.25) is 0 Å². The fraction of sp³-hybridized carbons (Fsp3) is 0.400. The maximum Gasteiger partial charge on any atom is 0.132 e. The van der Waals surface area contributed by atoms with E-state index in [1.165, 1.54) is 6.07 Å². The number of hydrogen-bond donors (Lipinski definition) is 1. The second-order valence-electron chi connectivity index (χ2n) is 3.28. The average molecular weight is 260 g/mol. The van der Waals surface area contributed by atoms with Crippen LogP contribution in [0.25, 0.3) is 0 Å². The molecule has 1 unspecified atom stereocenters. The molecule has 1 aromatic rings. The number of nitrogens with one attached hydrogen (secondary N) is 1.